The summed E-state index contributed by atoms with van der Waals surface area (Å²) in [5.74, 6) is 0.479. The number of benzene rings is 1. The Morgan fingerprint density at radius 2 is 1.78 bits per heavy atom. The molecule has 124 valence electrons. The van der Waals surface area contributed by atoms with Crippen molar-refractivity contribution in [3.05, 3.63) is 24.3 Å². The van der Waals surface area contributed by atoms with Crippen molar-refractivity contribution in [1.82, 2.24) is 9.80 Å². The maximum Gasteiger partial charge on any atom is 0.251 e. The average Bonchev–Trinajstić information content (AvgIpc) is 2.72. The summed E-state index contributed by atoms with van der Waals surface area (Å²) >= 11 is 0. The van der Waals surface area contributed by atoms with E-state index in [9.17, 15) is 9.59 Å². The zero-order valence-corrected chi connectivity index (χ0v) is 13.7. The van der Waals surface area contributed by atoms with Gasteiger partial charge in [-0.15, -0.1) is 0 Å². The minimum absolute atomic E-state index is 0.107. The van der Waals surface area contributed by atoms with Crippen molar-refractivity contribution in [1.29, 1.82) is 0 Å². The smallest absolute Gasteiger partial charge is 0.251 e. The molecule has 3 rings (SSSR count). The average molecular weight is 317 g/mol. The van der Waals surface area contributed by atoms with Gasteiger partial charge in [0.2, 0.25) is 5.91 Å². The van der Waals surface area contributed by atoms with Gasteiger partial charge in [-0.05, 0) is 44.3 Å². The largest absolute Gasteiger partial charge is 0.497 e. The molecule has 2 aliphatic heterocycles. The Labute approximate surface area is 136 Å². The lowest BCUT2D eigenvalue weighted by Crippen LogP contribution is -2.43. The number of hydrogen-bond acceptors (Lipinski definition) is 5. The quantitative estimate of drug-likeness (QED) is 0.778. The molecule has 6 heteroatoms. The van der Waals surface area contributed by atoms with Crippen LogP contribution in [0.5, 0.6) is 5.75 Å². The van der Waals surface area contributed by atoms with Gasteiger partial charge in [0.15, 0.2) is 0 Å². The van der Waals surface area contributed by atoms with Gasteiger partial charge in [0.1, 0.15) is 5.75 Å². The summed E-state index contributed by atoms with van der Waals surface area (Å²) < 4.78 is 5.12. The molecule has 2 aliphatic rings. The number of carbonyl (C=O) groups excluding carboxylic acids is 2. The predicted octanol–water partition coefficient (Wildman–Crippen LogP) is 0.965. The van der Waals surface area contributed by atoms with Gasteiger partial charge in [0, 0.05) is 19.6 Å². The van der Waals surface area contributed by atoms with Crippen LogP contribution in [0.25, 0.3) is 0 Å². The summed E-state index contributed by atoms with van der Waals surface area (Å²) in [6.07, 6.45) is 1.30. The molecule has 2 saturated heterocycles. The van der Waals surface area contributed by atoms with Gasteiger partial charge < -0.3 is 9.64 Å². The second kappa shape index (κ2) is 6.68. The molecule has 1 aromatic rings. The first-order valence-corrected chi connectivity index (χ1v) is 8.03. The molecule has 0 saturated carbocycles. The minimum atomic E-state index is -0.323. The summed E-state index contributed by atoms with van der Waals surface area (Å²) in [6.45, 7) is 3.66. The molecule has 0 unspecified atom stereocenters. The zero-order valence-electron chi connectivity index (χ0n) is 13.7. The van der Waals surface area contributed by atoms with E-state index in [1.807, 2.05) is 0 Å². The standard InChI is InChI=1S/C17H23N3O3/c1-18-8-3-9-19(11-10-18)15-12-16(21)20(17(15)22)13-4-6-14(23-2)7-5-13/h4-7,15H,3,8-12H2,1-2H3/t15-/m1/s1. The van der Waals surface area contributed by atoms with Gasteiger partial charge in [0.25, 0.3) is 5.91 Å². The second-order valence-electron chi connectivity index (χ2n) is 6.18. The number of amides is 2. The van der Waals surface area contributed by atoms with E-state index in [-0.39, 0.29) is 24.3 Å². The summed E-state index contributed by atoms with van der Waals surface area (Å²) in [6, 6.07) is 6.73. The van der Waals surface area contributed by atoms with Crippen LogP contribution in [0.15, 0.2) is 24.3 Å². The monoisotopic (exact) mass is 317 g/mol. The fourth-order valence-electron chi connectivity index (χ4n) is 3.28. The Bertz CT molecular complexity index is 587. The van der Waals surface area contributed by atoms with Crippen LogP contribution in [-0.2, 0) is 9.59 Å². The van der Waals surface area contributed by atoms with E-state index in [4.69, 9.17) is 4.74 Å². The van der Waals surface area contributed by atoms with Crippen LogP contribution in [0.2, 0.25) is 0 Å². The number of nitrogens with zero attached hydrogens (tertiary/aromatic N) is 3. The van der Waals surface area contributed by atoms with Crippen LogP contribution in [-0.4, -0.2) is 68.0 Å². The highest BCUT2D eigenvalue weighted by atomic mass is 16.5. The third-order valence-corrected chi connectivity index (χ3v) is 4.65. The molecule has 23 heavy (non-hydrogen) atoms. The second-order valence-corrected chi connectivity index (χ2v) is 6.18. The molecule has 1 aromatic carbocycles. The number of hydrogen-bond donors (Lipinski definition) is 0. The number of imide groups is 1. The van der Waals surface area contributed by atoms with Gasteiger partial charge in [-0.2, -0.15) is 0 Å². The van der Waals surface area contributed by atoms with E-state index >= 15 is 0 Å². The predicted molar refractivity (Wildman–Crippen MR) is 87.6 cm³/mol. The molecular weight excluding hydrogens is 294 g/mol. The Morgan fingerprint density at radius 3 is 2.48 bits per heavy atom. The van der Waals surface area contributed by atoms with Gasteiger partial charge >= 0.3 is 0 Å². The third-order valence-electron chi connectivity index (χ3n) is 4.65. The maximum atomic E-state index is 12.8. The summed E-state index contributed by atoms with van der Waals surface area (Å²) in [5.41, 5.74) is 0.621. The SMILES string of the molecule is COc1ccc(N2C(=O)C[C@@H](N3CCCN(C)CC3)C2=O)cc1. The van der Waals surface area contributed by atoms with Crippen molar-refractivity contribution in [3.63, 3.8) is 0 Å². The van der Waals surface area contributed by atoms with E-state index in [0.29, 0.717) is 11.4 Å². The molecule has 6 nitrogen and oxygen atoms in total. The van der Waals surface area contributed by atoms with E-state index < -0.39 is 0 Å². The number of ether oxygens (including phenoxy) is 1. The highest BCUT2D eigenvalue weighted by Gasteiger charge is 2.42. The Kier molecular flexibility index (Phi) is 4.63. The molecule has 0 bridgehead atoms. The van der Waals surface area contributed by atoms with Gasteiger partial charge in [-0.25, -0.2) is 4.90 Å². The zero-order chi connectivity index (χ0) is 16.4. The highest BCUT2D eigenvalue weighted by molar-refractivity contribution is 6.22. The maximum absolute atomic E-state index is 12.8. The van der Waals surface area contributed by atoms with Crippen molar-refractivity contribution in [2.75, 3.05) is 45.2 Å². The molecule has 0 radical (unpaired) electrons. The molecule has 0 N–H and O–H groups in total. The lowest BCUT2D eigenvalue weighted by molar-refractivity contribution is -0.122. The van der Waals surface area contributed by atoms with Crippen molar-refractivity contribution in [2.45, 2.75) is 18.9 Å². The van der Waals surface area contributed by atoms with E-state index in [1.54, 1.807) is 31.4 Å². The van der Waals surface area contributed by atoms with E-state index in [0.717, 1.165) is 32.6 Å². The molecule has 0 aliphatic carbocycles. The van der Waals surface area contributed by atoms with Crippen LogP contribution in [0.4, 0.5) is 5.69 Å². The Hall–Kier alpha value is -1.92. The molecule has 2 amide bonds. The minimum Gasteiger partial charge on any atom is -0.497 e. The Morgan fingerprint density at radius 1 is 1.04 bits per heavy atom. The normalized spacial score (nSPS) is 24.1. The first-order valence-electron chi connectivity index (χ1n) is 8.03. The topological polar surface area (TPSA) is 53.1 Å². The van der Waals surface area contributed by atoms with Crippen LogP contribution in [0.3, 0.4) is 0 Å². The molecule has 0 aromatic heterocycles. The molecule has 0 spiro atoms. The number of rotatable bonds is 3. The van der Waals surface area contributed by atoms with E-state index in [1.165, 1.54) is 4.90 Å². The molecule has 1 atom stereocenters. The third kappa shape index (κ3) is 3.23. The summed E-state index contributed by atoms with van der Waals surface area (Å²) in [4.78, 5) is 30.9. The number of anilines is 1. The van der Waals surface area contributed by atoms with Crippen molar-refractivity contribution < 1.29 is 14.3 Å². The molecular formula is C17H23N3O3. The fraction of sp³-hybridized carbons (Fsp3) is 0.529. The van der Waals surface area contributed by atoms with Gasteiger partial charge in [0.05, 0.1) is 25.3 Å². The lowest BCUT2D eigenvalue weighted by Gasteiger charge is -2.25. The van der Waals surface area contributed by atoms with Crippen LogP contribution >= 0.6 is 0 Å². The highest BCUT2D eigenvalue weighted by Crippen LogP contribution is 2.27. The lowest BCUT2D eigenvalue weighted by atomic mass is 10.2. The number of methoxy groups -OCH3 is 1. The van der Waals surface area contributed by atoms with Gasteiger partial charge in [-0.3, -0.25) is 14.5 Å². The summed E-state index contributed by atoms with van der Waals surface area (Å²) in [7, 11) is 3.68. The van der Waals surface area contributed by atoms with Crippen molar-refractivity contribution in [3.8, 4) is 5.75 Å². The Balaban J connectivity index is 1.76. The first-order chi connectivity index (χ1) is 11.1. The molecule has 2 fully saturated rings. The number of likely N-dealkylation sites (N-methyl/N-ethyl adjacent to an activating group) is 1. The summed E-state index contributed by atoms with van der Waals surface area (Å²) in [5, 5.41) is 0. The van der Waals surface area contributed by atoms with Crippen molar-refractivity contribution in [2.24, 2.45) is 0 Å². The van der Waals surface area contributed by atoms with Gasteiger partial charge in [-0.1, -0.05) is 0 Å². The molecule has 2 heterocycles. The van der Waals surface area contributed by atoms with Crippen LogP contribution < -0.4 is 9.64 Å². The number of carbonyl (C=O) groups is 2. The fourth-order valence-corrected chi connectivity index (χ4v) is 3.28. The first kappa shape index (κ1) is 16.0. The van der Waals surface area contributed by atoms with Crippen LogP contribution in [0, 0.1) is 0 Å². The van der Waals surface area contributed by atoms with Crippen molar-refractivity contribution >= 4 is 17.5 Å². The van der Waals surface area contributed by atoms with Crippen LogP contribution in [0.1, 0.15) is 12.8 Å². The van der Waals surface area contributed by atoms with E-state index in [2.05, 4.69) is 16.8 Å².